The molecule has 0 spiro atoms. The van der Waals surface area contributed by atoms with Crippen LogP contribution < -0.4 is 34.1 Å². The second-order valence-electron chi connectivity index (χ2n) is 8.37. The summed E-state index contributed by atoms with van der Waals surface area (Å²) in [7, 11) is 2.27. The molecule has 0 saturated heterocycles. The molecular formula is C22H30N6O15. The molecule has 2 rings (SSSR count). The fraction of sp³-hybridized carbons (Fsp3) is 0.591. The molecule has 0 amide bonds. The molecule has 0 aliphatic rings. The number of carbonyl (C=O) groups is 3. The molecule has 0 aromatic carbocycles. The number of rotatable bonds is 16. The summed E-state index contributed by atoms with van der Waals surface area (Å²) >= 11 is 0. The monoisotopic (exact) mass is 618 g/mol. The Morgan fingerprint density at radius 2 is 0.884 bits per heavy atom. The first-order valence-electron chi connectivity index (χ1n) is 12.4. The van der Waals surface area contributed by atoms with Crippen LogP contribution >= 0.6 is 0 Å². The SMILES string of the molecule is COCCn1c(=O)n(CCO)c(=O)n(CCOC(=O)Cn2c(=O)n(CC(=O)OC)c(=O)n(CC(=O)OCCO)c2=O)c1=O. The summed E-state index contributed by atoms with van der Waals surface area (Å²) in [5.74, 6) is -3.51. The highest BCUT2D eigenvalue weighted by Crippen LogP contribution is 1.88. The average Bonchev–Trinajstić information content (AvgIpc) is 2.98. The van der Waals surface area contributed by atoms with Gasteiger partial charge in [-0.3, -0.25) is 14.4 Å². The highest BCUT2D eigenvalue weighted by atomic mass is 16.5. The van der Waals surface area contributed by atoms with E-state index in [1.807, 2.05) is 0 Å². The van der Waals surface area contributed by atoms with Crippen LogP contribution in [0.1, 0.15) is 0 Å². The highest BCUT2D eigenvalue weighted by molar-refractivity contribution is 5.70. The van der Waals surface area contributed by atoms with Crippen LogP contribution in [0.2, 0.25) is 0 Å². The van der Waals surface area contributed by atoms with Crippen LogP contribution in [-0.2, 0) is 72.6 Å². The molecule has 0 atom stereocenters. The molecule has 0 bridgehead atoms. The first-order chi connectivity index (χ1) is 20.4. The van der Waals surface area contributed by atoms with E-state index in [9.17, 15) is 48.3 Å². The summed E-state index contributed by atoms with van der Waals surface area (Å²) < 4.78 is 21.3. The maximum Gasteiger partial charge on any atom is 0.337 e. The van der Waals surface area contributed by atoms with Crippen molar-refractivity contribution >= 4 is 17.9 Å². The van der Waals surface area contributed by atoms with Gasteiger partial charge in [0, 0.05) is 7.11 Å². The van der Waals surface area contributed by atoms with Gasteiger partial charge in [-0.2, -0.15) is 0 Å². The minimum Gasteiger partial charge on any atom is -0.468 e. The van der Waals surface area contributed by atoms with Gasteiger partial charge in [0.25, 0.3) is 0 Å². The number of hydrogen-bond donors (Lipinski definition) is 2. The third-order valence-electron chi connectivity index (χ3n) is 5.64. The number of nitrogens with zero attached hydrogens (tertiary/aromatic N) is 6. The zero-order valence-corrected chi connectivity index (χ0v) is 23.2. The summed E-state index contributed by atoms with van der Waals surface area (Å²) in [6, 6.07) is 0. The molecule has 0 unspecified atom stereocenters. The van der Waals surface area contributed by atoms with E-state index in [1.54, 1.807) is 0 Å². The van der Waals surface area contributed by atoms with Gasteiger partial charge in [-0.1, -0.05) is 0 Å². The van der Waals surface area contributed by atoms with Gasteiger partial charge in [-0.15, -0.1) is 0 Å². The van der Waals surface area contributed by atoms with E-state index >= 15 is 0 Å². The number of aliphatic hydroxyl groups excluding tert-OH is 2. The number of aliphatic hydroxyl groups is 2. The maximum absolute atomic E-state index is 12.9. The van der Waals surface area contributed by atoms with E-state index in [2.05, 4.69) is 9.47 Å². The lowest BCUT2D eigenvalue weighted by molar-refractivity contribution is -0.145. The largest absolute Gasteiger partial charge is 0.468 e. The number of ether oxygens (including phenoxy) is 4. The number of methoxy groups -OCH3 is 2. The topological polar surface area (TPSA) is 261 Å². The molecule has 0 aliphatic carbocycles. The van der Waals surface area contributed by atoms with E-state index < -0.39 is 111 Å². The van der Waals surface area contributed by atoms with Crippen molar-refractivity contribution in [1.82, 2.24) is 27.4 Å². The molecule has 0 saturated carbocycles. The summed E-state index contributed by atoms with van der Waals surface area (Å²) in [4.78, 5) is 113. The van der Waals surface area contributed by atoms with Crippen molar-refractivity contribution in [2.24, 2.45) is 0 Å². The summed E-state index contributed by atoms with van der Waals surface area (Å²) in [5.41, 5.74) is -7.41. The van der Waals surface area contributed by atoms with Crippen LogP contribution in [0.5, 0.6) is 0 Å². The zero-order valence-electron chi connectivity index (χ0n) is 23.2. The highest BCUT2D eigenvalue weighted by Gasteiger charge is 2.22. The summed E-state index contributed by atoms with van der Waals surface area (Å²) in [5, 5.41) is 18.0. The van der Waals surface area contributed by atoms with Crippen molar-refractivity contribution in [2.75, 3.05) is 47.3 Å². The predicted octanol–water partition coefficient (Wildman–Crippen LogP) is -6.75. The van der Waals surface area contributed by atoms with Gasteiger partial charge in [0.2, 0.25) is 0 Å². The van der Waals surface area contributed by atoms with Crippen LogP contribution in [-0.4, -0.2) is 103 Å². The molecule has 0 radical (unpaired) electrons. The van der Waals surface area contributed by atoms with E-state index in [0.717, 1.165) is 7.11 Å². The van der Waals surface area contributed by atoms with Crippen LogP contribution in [0.15, 0.2) is 28.8 Å². The van der Waals surface area contributed by atoms with Crippen molar-refractivity contribution in [2.45, 2.75) is 39.3 Å². The lowest BCUT2D eigenvalue weighted by atomic mass is 10.5. The van der Waals surface area contributed by atoms with Gasteiger partial charge in [0.15, 0.2) is 0 Å². The smallest absolute Gasteiger partial charge is 0.337 e. The number of carbonyl (C=O) groups excluding carboxylic acids is 3. The Labute approximate surface area is 238 Å². The fourth-order valence-corrected chi connectivity index (χ4v) is 3.58. The second-order valence-corrected chi connectivity index (χ2v) is 8.37. The molecule has 2 aromatic heterocycles. The Balaban J connectivity index is 2.38. The first kappa shape index (κ1) is 34.3. The Hall–Kier alpha value is -4.89. The van der Waals surface area contributed by atoms with Crippen LogP contribution in [0.25, 0.3) is 0 Å². The van der Waals surface area contributed by atoms with Gasteiger partial charge in [-0.05, 0) is 0 Å². The lowest BCUT2D eigenvalue weighted by Gasteiger charge is -2.14. The zero-order chi connectivity index (χ0) is 32.3. The third-order valence-corrected chi connectivity index (χ3v) is 5.64. The van der Waals surface area contributed by atoms with Crippen molar-refractivity contribution in [3.8, 4) is 0 Å². The molecule has 0 fully saturated rings. The van der Waals surface area contributed by atoms with E-state index in [0.29, 0.717) is 13.7 Å². The summed E-state index contributed by atoms with van der Waals surface area (Å²) in [6.45, 7) is -6.79. The predicted molar refractivity (Wildman–Crippen MR) is 138 cm³/mol. The lowest BCUT2D eigenvalue weighted by Crippen LogP contribution is -2.56. The molecular weight excluding hydrogens is 588 g/mol. The molecule has 238 valence electrons. The van der Waals surface area contributed by atoms with Crippen molar-refractivity contribution < 1.29 is 43.5 Å². The van der Waals surface area contributed by atoms with E-state index in [1.165, 1.54) is 7.11 Å². The van der Waals surface area contributed by atoms with Gasteiger partial charge in [0.1, 0.15) is 32.8 Å². The first-order valence-corrected chi connectivity index (χ1v) is 12.4. The molecule has 21 nitrogen and oxygen atoms in total. The van der Waals surface area contributed by atoms with Crippen molar-refractivity contribution in [1.29, 1.82) is 0 Å². The fourth-order valence-electron chi connectivity index (χ4n) is 3.58. The van der Waals surface area contributed by atoms with E-state index in [4.69, 9.17) is 14.6 Å². The van der Waals surface area contributed by atoms with Crippen LogP contribution in [0, 0.1) is 0 Å². The third kappa shape index (κ3) is 8.33. The Bertz CT molecular complexity index is 1690. The molecule has 2 N–H and O–H groups in total. The molecule has 0 aliphatic heterocycles. The van der Waals surface area contributed by atoms with Gasteiger partial charge in [-0.25, -0.2) is 56.2 Å². The molecule has 2 heterocycles. The summed E-state index contributed by atoms with van der Waals surface area (Å²) in [6.07, 6.45) is 0. The number of esters is 3. The maximum atomic E-state index is 12.9. The standard InChI is InChI=1S/C22H30N6O15/c1-40-8-4-24-17(34)23(3-6-29)18(35)25(19(24)36)5-9-42-15(32)12-27-20(37)26(11-14(31)41-2)21(38)28(22(27)39)13-16(33)43-10-7-30/h29-30H,3-13H2,1-2H3. The van der Waals surface area contributed by atoms with Gasteiger partial charge < -0.3 is 29.2 Å². The van der Waals surface area contributed by atoms with Crippen LogP contribution in [0.3, 0.4) is 0 Å². The molecule has 21 heteroatoms. The molecule has 2 aromatic rings. The minimum atomic E-state index is -1.44. The van der Waals surface area contributed by atoms with Gasteiger partial charge >= 0.3 is 52.0 Å². The Morgan fingerprint density at radius 3 is 1.28 bits per heavy atom. The normalized spacial score (nSPS) is 10.9. The van der Waals surface area contributed by atoms with Crippen molar-refractivity contribution in [3.05, 3.63) is 62.9 Å². The van der Waals surface area contributed by atoms with E-state index in [-0.39, 0.29) is 26.9 Å². The Kier molecular flexibility index (Phi) is 12.7. The average molecular weight is 619 g/mol. The molecule has 43 heavy (non-hydrogen) atoms. The minimum absolute atomic E-state index is 0.0645. The van der Waals surface area contributed by atoms with Gasteiger partial charge in [0.05, 0.1) is 46.6 Å². The van der Waals surface area contributed by atoms with Crippen LogP contribution in [0.4, 0.5) is 0 Å². The number of aromatic nitrogens is 6. The second kappa shape index (κ2) is 15.9. The Morgan fingerprint density at radius 1 is 0.512 bits per heavy atom. The quantitative estimate of drug-likeness (QED) is 0.131. The number of hydrogen-bond acceptors (Lipinski definition) is 15. The van der Waals surface area contributed by atoms with Crippen molar-refractivity contribution in [3.63, 3.8) is 0 Å².